The van der Waals surface area contributed by atoms with E-state index in [0.717, 1.165) is 16.8 Å². The van der Waals surface area contributed by atoms with E-state index in [1.807, 2.05) is 42.6 Å². The molecule has 0 aliphatic carbocycles. The maximum Gasteiger partial charge on any atom is 0.226 e. The van der Waals surface area contributed by atoms with Gasteiger partial charge in [-0.05, 0) is 23.3 Å². The number of hydrazine groups is 1. The van der Waals surface area contributed by atoms with E-state index in [9.17, 15) is 4.79 Å². The van der Waals surface area contributed by atoms with E-state index in [0.29, 0.717) is 6.41 Å². The lowest BCUT2D eigenvalue weighted by Gasteiger charge is -2.20. The predicted octanol–water partition coefficient (Wildman–Crippen LogP) is 2.81. The SMILES string of the molecule is O=CNN1C=Cc2ccccc2-c2ccccc21. The summed E-state index contributed by atoms with van der Waals surface area (Å²) in [5.41, 5.74) is 7.05. The number of benzene rings is 2. The number of nitrogens with zero attached hydrogens (tertiary/aromatic N) is 1. The number of amides is 1. The average molecular weight is 236 g/mol. The van der Waals surface area contributed by atoms with Crippen molar-refractivity contribution < 1.29 is 4.79 Å². The number of hydrogen-bond acceptors (Lipinski definition) is 2. The molecule has 1 amide bonds. The molecule has 1 aliphatic heterocycles. The fourth-order valence-electron chi connectivity index (χ4n) is 2.20. The first-order valence-electron chi connectivity index (χ1n) is 5.76. The molecule has 1 N–H and O–H groups in total. The fourth-order valence-corrected chi connectivity index (χ4v) is 2.20. The zero-order valence-electron chi connectivity index (χ0n) is 9.71. The zero-order valence-corrected chi connectivity index (χ0v) is 9.71. The molecule has 0 saturated heterocycles. The first-order valence-corrected chi connectivity index (χ1v) is 5.76. The van der Waals surface area contributed by atoms with Crippen LogP contribution in [0.4, 0.5) is 5.69 Å². The van der Waals surface area contributed by atoms with Gasteiger partial charge in [-0.1, -0.05) is 42.5 Å². The molecule has 0 bridgehead atoms. The Morgan fingerprint density at radius 2 is 1.67 bits per heavy atom. The maximum absolute atomic E-state index is 10.7. The minimum absolute atomic E-state index is 0.678. The van der Waals surface area contributed by atoms with Gasteiger partial charge in [0.15, 0.2) is 0 Å². The first kappa shape index (κ1) is 10.6. The third-order valence-electron chi connectivity index (χ3n) is 3.01. The Morgan fingerprint density at radius 3 is 2.50 bits per heavy atom. The Hall–Kier alpha value is -2.55. The molecule has 3 nitrogen and oxygen atoms in total. The number of fused-ring (bicyclic) bond motifs is 3. The van der Waals surface area contributed by atoms with Crippen molar-refractivity contribution in [3.8, 4) is 11.1 Å². The fraction of sp³-hybridized carbons (Fsp3) is 0. The van der Waals surface area contributed by atoms with Gasteiger partial charge < -0.3 is 0 Å². The lowest BCUT2D eigenvalue weighted by atomic mass is 9.99. The summed E-state index contributed by atoms with van der Waals surface area (Å²) in [6, 6.07) is 16.2. The number of rotatable bonds is 2. The van der Waals surface area contributed by atoms with Gasteiger partial charge in [0.25, 0.3) is 0 Å². The van der Waals surface area contributed by atoms with Crippen molar-refractivity contribution in [2.45, 2.75) is 0 Å². The van der Waals surface area contributed by atoms with Crippen LogP contribution in [0.1, 0.15) is 5.56 Å². The van der Waals surface area contributed by atoms with E-state index < -0.39 is 0 Å². The minimum atomic E-state index is 0.678. The molecule has 18 heavy (non-hydrogen) atoms. The number of carbonyl (C=O) groups is 1. The third kappa shape index (κ3) is 1.66. The predicted molar refractivity (Wildman–Crippen MR) is 72.6 cm³/mol. The molecule has 1 heterocycles. The Bertz CT molecular complexity index is 619. The van der Waals surface area contributed by atoms with E-state index in [-0.39, 0.29) is 0 Å². The molecular formula is C15H12N2O. The van der Waals surface area contributed by atoms with E-state index in [2.05, 4.69) is 23.6 Å². The van der Waals surface area contributed by atoms with Gasteiger partial charge in [-0.3, -0.25) is 15.2 Å². The Balaban J connectivity index is 2.24. The highest BCUT2D eigenvalue weighted by atomic mass is 16.1. The molecule has 2 aromatic carbocycles. The van der Waals surface area contributed by atoms with Gasteiger partial charge in [0.2, 0.25) is 6.41 Å². The molecule has 0 atom stereocenters. The first-order chi connectivity index (χ1) is 8.90. The molecule has 3 rings (SSSR count). The monoisotopic (exact) mass is 236 g/mol. The molecule has 2 aromatic rings. The van der Waals surface area contributed by atoms with Crippen LogP contribution in [-0.4, -0.2) is 6.41 Å². The van der Waals surface area contributed by atoms with Crippen LogP contribution in [-0.2, 0) is 4.79 Å². The number of hydrogen-bond donors (Lipinski definition) is 1. The van der Waals surface area contributed by atoms with Crippen LogP contribution in [0.5, 0.6) is 0 Å². The quantitative estimate of drug-likeness (QED) is 0.813. The Kier molecular flexibility index (Phi) is 2.57. The molecule has 0 fully saturated rings. The molecule has 1 aliphatic rings. The second kappa shape index (κ2) is 4.37. The topological polar surface area (TPSA) is 32.3 Å². The summed E-state index contributed by atoms with van der Waals surface area (Å²) in [5.74, 6) is 0. The lowest BCUT2D eigenvalue weighted by Crippen LogP contribution is -2.31. The Morgan fingerprint density at radius 1 is 0.944 bits per heavy atom. The molecule has 0 radical (unpaired) electrons. The summed E-state index contributed by atoms with van der Waals surface area (Å²) >= 11 is 0. The van der Waals surface area contributed by atoms with Crippen LogP contribution in [0, 0.1) is 0 Å². The summed E-state index contributed by atoms with van der Waals surface area (Å²) < 4.78 is 0. The van der Waals surface area contributed by atoms with Crippen molar-refractivity contribution in [1.29, 1.82) is 0 Å². The normalized spacial score (nSPS) is 12.3. The number of para-hydroxylation sites is 1. The molecule has 0 unspecified atom stereocenters. The van der Waals surface area contributed by atoms with E-state index in [1.165, 1.54) is 5.56 Å². The van der Waals surface area contributed by atoms with Crippen molar-refractivity contribution in [3.05, 3.63) is 60.3 Å². The van der Waals surface area contributed by atoms with E-state index in [1.54, 1.807) is 5.01 Å². The van der Waals surface area contributed by atoms with Crippen molar-refractivity contribution in [1.82, 2.24) is 5.43 Å². The molecule has 0 saturated carbocycles. The van der Waals surface area contributed by atoms with Gasteiger partial charge in [0.1, 0.15) is 0 Å². The summed E-state index contributed by atoms with van der Waals surface area (Å²) in [7, 11) is 0. The van der Waals surface area contributed by atoms with Gasteiger partial charge in [0, 0.05) is 11.8 Å². The highest BCUT2D eigenvalue weighted by Gasteiger charge is 2.14. The van der Waals surface area contributed by atoms with Crippen molar-refractivity contribution in [2.75, 3.05) is 5.01 Å². The van der Waals surface area contributed by atoms with E-state index in [4.69, 9.17) is 0 Å². The van der Waals surface area contributed by atoms with Gasteiger partial charge >= 0.3 is 0 Å². The van der Waals surface area contributed by atoms with Gasteiger partial charge in [0.05, 0.1) is 5.69 Å². The molecule has 3 heteroatoms. The van der Waals surface area contributed by atoms with Crippen molar-refractivity contribution in [3.63, 3.8) is 0 Å². The molecular weight excluding hydrogens is 224 g/mol. The van der Waals surface area contributed by atoms with Crippen LogP contribution < -0.4 is 10.4 Å². The summed E-state index contributed by atoms with van der Waals surface area (Å²) in [6.45, 7) is 0. The highest BCUT2D eigenvalue weighted by Crippen LogP contribution is 2.35. The van der Waals surface area contributed by atoms with Crippen LogP contribution in [0.3, 0.4) is 0 Å². The summed E-state index contributed by atoms with van der Waals surface area (Å²) in [4.78, 5) is 10.7. The molecule has 88 valence electrons. The lowest BCUT2D eigenvalue weighted by molar-refractivity contribution is -0.109. The third-order valence-corrected chi connectivity index (χ3v) is 3.01. The summed E-state index contributed by atoms with van der Waals surface area (Å²) in [5, 5.41) is 1.72. The summed E-state index contributed by atoms with van der Waals surface area (Å²) in [6.07, 6.45) is 4.53. The second-order valence-corrected chi connectivity index (χ2v) is 4.04. The zero-order chi connectivity index (χ0) is 12.4. The number of carbonyl (C=O) groups excluding carboxylic acids is 1. The molecule has 0 aromatic heterocycles. The molecule has 0 spiro atoms. The minimum Gasteiger partial charge on any atom is -0.277 e. The van der Waals surface area contributed by atoms with Crippen molar-refractivity contribution in [2.24, 2.45) is 0 Å². The van der Waals surface area contributed by atoms with Gasteiger partial charge in [-0.25, -0.2) is 0 Å². The number of nitrogens with one attached hydrogen (secondary N) is 1. The van der Waals surface area contributed by atoms with Crippen LogP contribution in [0.15, 0.2) is 54.7 Å². The van der Waals surface area contributed by atoms with Gasteiger partial charge in [-0.2, -0.15) is 0 Å². The van der Waals surface area contributed by atoms with Crippen LogP contribution in [0.25, 0.3) is 17.2 Å². The standard InChI is InChI=1S/C15H12N2O/c18-11-16-17-10-9-12-5-1-2-6-13(12)14-7-3-4-8-15(14)17/h1-11H,(H,16,18). The maximum atomic E-state index is 10.7. The van der Waals surface area contributed by atoms with E-state index >= 15 is 0 Å². The van der Waals surface area contributed by atoms with Crippen LogP contribution in [0.2, 0.25) is 0 Å². The largest absolute Gasteiger partial charge is 0.277 e. The van der Waals surface area contributed by atoms with Crippen LogP contribution >= 0.6 is 0 Å². The van der Waals surface area contributed by atoms with Crippen molar-refractivity contribution >= 4 is 18.2 Å². The Labute approximate surface area is 105 Å². The number of anilines is 1. The average Bonchev–Trinajstić information content (AvgIpc) is 2.58. The highest BCUT2D eigenvalue weighted by molar-refractivity contribution is 5.88. The smallest absolute Gasteiger partial charge is 0.226 e. The second-order valence-electron chi connectivity index (χ2n) is 4.04. The van der Waals surface area contributed by atoms with Gasteiger partial charge in [-0.15, -0.1) is 0 Å².